The Morgan fingerprint density at radius 1 is 1.19 bits per heavy atom. The van der Waals surface area contributed by atoms with Crippen LogP contribution in [0.5, 0.6) is 0 Å². The van der Waals surface area contributed by atoms with Crippen molar-refractivity contribution in [1.82, 2.24) is 9.71 Å². The van der Waals surface area contributed by atoms with Crippen LogP contribution in [-0.2, 0) is 14.8 Å². The summed E-state index contributed by atoms with van der Waals surface area (Å²) >= 11 is 3.24. The number of anilines is 2. The van der Waals surface area contributed by atoms with Crippen LogP contribution in [0, 0.1) is 0 Å². The molecule has 0 unspecified atom stereocenters. The molecule has 1 aromatic carbocycles. The molecule has 2 aromatic rings. The molecule has 0 radical (unpaired) electrons. The number of rotatable bonds is 7. The van der Waals surface area contributed by atoms with Crippen molar-refractivity contribution in [2.75, 3.05) is 29.9 Å². The van der Waals surface area contributed by atoms with Crippen molar-refractivity contribution in [1.29, 1.82) is 0 Å². The standard InChI is InChI=1S/C18H21BrN4O3S/c19-14-4-3-5-16(12-14)27(25,26)21-9-8-18(24)22-17-7-6-15(13-20-17)23-10-1-2-11-23/h3-7,12-13,21H,1-2,8-11H2,(H,20,22,24). The van der Waals surface area contributed by atoms with Crippen molar-refractivity contribution in [3.8, 4) is 0 Å². The number of hydrogen-bond donors (Lipinski definition) is 2. The topological polar surface area (TPSA) is 91.4 Å². The number of amides is 1. The molecule has 1 aromatic heterocycles. The Morgan fingerprint density at radius 3 is 2.63 bits per heavy atom. The first-order chi connectivity index (χ1) is 12.9. The molecular formula is C18H21BrN4O3S. The molecule has 0 bridgehead atoms. The SMILES string of the molecule is O=C(CCNS(=O)(=O)c1cccc(Br)c1)Nc1ccc(N2CCCC2)cn1. The highest BCUT2D eigenvalue weighted by atomic mass is 79.9. The summed E-state index contributed by atoms with van der Waals surface area (Å²) in [7, 11) is -3.65. The van der Waals surface area contributed by atoms with E-state index in [1.165, 1.54) is 25.0 Å². The average molecular weight is 453 g/mol. The minimum absolute atomic E-state index is 0.00649. The molecule has 144 valence electrons. The maximum Gasteiger partial charge on any atom is 0.240 e. The van der Waals surface area contributed by atoms with Crippen molar-refractivity contribution in [3.05, 3.63) is 47.1 Å². The number of pyridine rings is 1. The third kappa shape index (κ3) is 5.50. The molecule has 0 spiro atoms. The quantitative estimate of drug-likeness (QED) is 0.673. The third-order valence-electron chi connectivity index (χ3n) is 4.24. The van der Waals surface area contributed by atoms with Crippen LogP contribution < -0.4 is 14.9 Å². The maximum absolute atomic E-state index is 12.2. The third-order valence-corrected chi connectivity index (χ3v) is 6.19. The normalized spacial score (nSPS) is 14.3. The van der Waals surface area contributed by atoms with Crippen LogP contribution in [0.3, 0.4) is 0 Å². The molecule has 27 heavy (non-hydrogen) atoms. The van der Waals surface area contributed by atoms with Gasteiger partial charge >= 0.3 is 0 Å². The van der Waals surface area contributed by atoms with Crippen molar-refractivity contribution in [2.24, 2.45) is 0 Å². The number of carbonyl (C=O) groups excluding carboxylic acids is 1. The summed E-state index contributed by atoms with van der Waals surface area (Å²) in [6.45, 7) is 2.07. The van der Waals surface area contributed by atoms with Gasteiger partial charge in [0.25, 0.3) is 0 Å². The first kappa shape index (κ1) is 19.8. The first-order valence-electron chi connectivity index (χ1n) is 8.70. The van der Waals surface area contributed by atoms with Gasteiger partial charge in [0.1, 0.15) is 5.82 Å². The predicted octanol–water partition coefficient (Wildman–Crippen LogP) is 2.75. The monoisotopic (exact) mass is 452 g/mol. The van der Waals surface area contributed by atoms with Gasteiger partial charge in [-0.05, 0) is 43.2 Å². The van der Waals surface area contributed by atoms with E-state index in [1.807, 2.05) is 6.07 Å². The molecule has 0 atom stereocenters. The van der Waals surface area contributed by atoms with E-state index in [1.54, 1.807) is 24.4 Å². The summed E-state index contributed by atoms with van der Waals surface area (Å²) in [6, 6.07) is 10.1. The number of halogens is 1. The van der Waals surface area contributed by atoms with Crippen molar-refractivity contribution in [2.45, 2.75) is 24.2 Å². The molecule has 2 N–H and O–H groups in total. The molecule has 1 saturated heterocycles. The predicted molar refractivity (Wildman–Crippen MR) is 108 cm³/mol. The second-order valence-electron chi connectivity index (χ2n) is 6.25. The second-order valence-corrected chi connectivity index (χ2v) is 8.93. The second kappa shape index (κ2) is 8.81. The zero-order valence-corrected chi connectivity index (χ0v) is 17.1. The summed E-state index contributed by atoms with van der Waals surface area (Å²) in [5, 5.41) is 2.68. The van der Waals surface area contributed by atoms with Crippen LogP contribution in [0.15, 0.2) is 52.0 Å². The van der Waals surface area contributed by atoms with E-state index in [9.17, 15) is 13.2 Å². The molecule has 2 heterocycles. The molecule has 9 heteroatoms. The molecule has 1 amide bonds. The average Bonchev–Trinajstić information content (AvgIpc) is 3.17. The van der Waals surface area contributed by atoms with Crippen molar-refractivity contribution < 1.29 is 13.2 Å². The van der Waals surface area contributed by atoms with Gasteiger partial charge in [0.2, 0.25) is 15.9 Å². The number of nitrogens with one attached hydrogen (secondary N) is 2. The number of nitrogens with zero attached hydrogens (tertiary/aromatic N) is 2. The van der Waals surface area contributed by atoms with Crippen LogP contribution in [0.4, 0.5) is 11.5 Å². The number of carbonyl (C=O) groups is 1. The lowest BCUT2D eigenvalue weighted by Gasteiger charge is -2.17. The van der Waals surface area contributed by atoms with Crippen molar-refractivity contribution >= 4 is 43.4 Å². The number of sulfonamides is 1. The minimum atomic E-state index is -3.65. The smallest absolute Gasteiger partial charge is 0.240 e. The highest BCUT2D eigenvalue weighted by Crippen LogP contribution is 2.20. The Hall–Kier alpha value is -1.97. The minimum Gasteiger partial charge on any atom is -0.370 e. The highest BCUT2D eigenvalue weighted by Gasteiger charge is 2.15. The summed E-state index contributed by atoms with van der Waals surface area (Å²) in [4.78, 5) is 18.7. The Balaban J connectivity index is 1.48. The molecule has 3 rings (SSSR count). The maximum atomic E-state index is 12.2. The van der Waals surface area contributed by atoms with Gasteiger partial charge in [0.05, 0.1) is 16.8 Å². The van der Waals surface area contributed by atoms with Gasteiger partial charge in [-0.2, -0.15) is 0 Å². The molecule has 7 nitrogen and oxygen atoms in total. The summed E-state index contributed by atoms with van der Waals surface area (Å²) < 4.78 is 27.5. The van der Waals surface area contributed by atoms with Crippen LogP contribution in [0.1, 0.15) is 19.3 Å². The van der Waals surface area contributed by atoms with E-state index in [4.69, 9.17) is 0 Å². The van der Waals surface area contributed by atoms with Gasteiger partial charge in [0.15, 0.2) is 0 Å². The fourth-order valence-corrected chi connectivity index (χ4v) is 4.47. The van der Waals surface area contributed by atoms with Crippen molar-refractivity contribution in [3.63, 3.8) is 0 Å². The van der Waals surface area contributed by atoms with E-state index in [2.05, 4.69) is 35.9 Å². The molecule has 0 aliphatic carbocycles. The van der Waals surface area contributed by atoms with Gasteiger partial charge in [-0.25, -0.2) is 18.1 Å². The molecule has 0 saturated carbocycles. The van der Waals surface area contributed by atoms with Crippen LogP contribution in [-0.4, -0.2) is 38.9 Å². The first-order valence-corrected chi connectivity index (χ1v) is 11.0. The Morgan fingerprint density at radius 2 is 1.96 bits per heavy atom. The molecule has 1 aliphatic heterocycles. The Bertz CT molecular complexity index is 897. The van der Waals surface area contributed by atoms with E-state index in [-0.39, 0.29) is 23.8 Å². The number of hydrogen-bond acceptors (Lipinski definition) is 5. The zero-order valence-electron chi connectivity index (χ0n) is 14.7. The van der Waals surface area contributed by atoms with Crippen LogP contribution >= 0.6 is 15.9 Å². The van der Waals surface area contributed by atoms with E-state index < -0.39 is 10.0 Å². The molecule has 1 aliphatic rings. The Labute approximate surface area is 167 Å². The number of aromatic nitrogens is 1. The lowest BCUT2D eigenvalue weighted by Crippen LogP contribution is -2.28. The van der Waals surface area contributed by atoms with E-state index >= 15 is 0 Å². The van der Waals surface area contributed by atoms with E-state index in [0.717, 1.165) is 18.8 Å². The summed E-state index contributed by atoms with van der Waals surface area (Å²) in [5.74, 6) is 0.158. The molecule has 1 fully saturated rings. The fraction of sp³-hybridized carbons (Fsp3) is 0.333. The Kier molecular flexibility index (Phi) is 6.46. The highest BCUT2D eigenvalue weighted by molar-refractivity contribution is 9.10. The zero-order chi connectivity index (χ0) is 19.3. The number of benzene rings is 1. The van der Waals surface area contributed by atoms with Crippen LogP contribution in [0.25, 0.3) is 0 Å². The van der Waals surface area contributed by atoms with Gasteiger partial charge in [-0.3, -0.25) is 4.79 Å². The fourth-order valence-electron chi connectivity index (χ4n) is 2.84. The van der Waals surface area contributed by atoms with Gasteiger partial charge in [-0.1, -0.05) is 22.0 Å². The molecular weight excluding hydrogens is 432 g/mol. The largest absolute Gasteiger partial charge is 0.370 e. The van der Waals surface area contributed by atoms with Gasteiger partial charge in [-0.15, -0.1) is 0 Å². The van der Waals surface area contributed by atoms with Crippen LogP contribution in [0.2, 0.25) is 0 Å². The van der Waals surface area contributed by atoms with Gasteiger partial charge in [0, 0.05) is 30.5 Å². The summed E-state index contributed by atoms with van der Waals surface area (Å²) in [6.07, 6.45) is 4.14. The van der Waals surface area contributed by atoms with E-state index in [0.29, 0.717) is 10.3 Å². The summed E-state index contributed by atoms with van der Waals surface area (Å²) in [5.41, 5.74) is 1.05. The lowest BCUT2D eigenvalue weighted by molar-refractivity contribution is -0.116. The lowest BCUT2D eigenvalue weighted by atomic mass is 10.3. The van der Waals surface area contributed by atoms with Gasteiger partial charge < -0.3 is 10.2 Å².